The molecule has 1 aromatic rings. The van der Waals surface area contributed by atoms with Crippen molar-refractivity contribution in [2.75, 3.05) is 0 Å². The summed E-state index contributed by atoms with van der Waals surface area (Å²) >= 11 is 0. The summed E-state index contributed by atoms with van der Waals surface area (Å²) < 4.78 is 4.22. The fourth-order valence-corrected chi connectivity index (χ4v) is 0.136. The van der Waals surface area contributed by atoms with Crippen molar-refractivity contribution in [1.29, 1.82) is 0 Å². The molecule has 3 nitrogen and oxygen atoms in total. The molecule has 1 aromatic heterocycles. The van der Waals surface area contributed by atoms with E-state index in [1.54, 1.807) is 0 Å². The molecule has 0 aliphatic carbocycles. The van der Waals surface area contributed by atoms with Gasteiger partial charge in [-0.05, 0) is 0 Å². The predicted molar refractivity (Wildman–Crippen MR) is 15.4 cm³/mol. The van der Waals surface area contributed by atoms with Crippen molar-refractivity contribution in [3.05, 3.63) is 12.5 Å². The van der Waals surface area contributed by atoms with Gasteiger partial charge in [-0.25, -0.2) is 0 Å². The third kappa shape index (κ3) is 1.55. The van der Waals surface area contributed by atoms with Gasteiger partial charge in [0.25, 0.3) is 0 Å². The summed E-state index contributed by atoms with van der Waals surface area (Å²) in [6.45, 7) is 0. The maximum atomic E-state index is 4.22. The van der Waals surface area contributed by atoms with E-state index in [2.05, 4.69) is 14.9 Å². The van der Waals surface area contributed by atoms with Gasteiger partial charge in [0.1, 0.15) is 6.26 Å². The summed E-state index contributed by atoms with van der Waals surface area (Å²) in [4.78, 5) is 0. The molecule has 6 heavy (non-hydrogen) atoms. The largest absolute Gasteiger partial charge is 1.00 e. The molecule has 0 unspecified atom stereocenters. The molecule has 28 valence electrons. The number of aromatic nitrogens is 2. The van der Waals surface area contributed by atoms with Crippen molar-refractivity contribution in [3.63, 3.8) is 0 Å². The minimum atomic E-state index is 0. The van der Waals surface area contributed by atoms with E-state index in [9.17, 15) is 0 Å². The van der Waals surface area contributed by atoms with Crippen LogP contribution in [-0.2, 0) is 0 Å². The normalized spacial score (nSPS) is 6.67. The number of rotatable bonds is 0. The third-order valence-electron chi connectivity index (χ3n) is 0.283. The van der Waals surface area contributed by atoms with Gasteiger partial charge in [0.15, 0.2) is 0 Å². The summed E-state index contributed by atoms with van der Waals surface area (Å²) in [6.07, 6.45) is 2.88. The minimum Gasteiger partial charge on any atom is -1.00 e. The molecule has 0 spiro atoms. The Labute approximate surface area is 58.5 Å². The molecule has 0 aliphatic heterocycles. The molecule has 0 atom stereocenters. The second-order valence-corrected chi connectivity index (χ2v) is 0.588. The van der Waals surface area contributed by atoms with E-state index < -0.39 is 0 Å². The second kappa shape index (κ2) is 3.33. The average molecular weight is 94.0 g/mol. The van der Waals surface area contributed by atoms with Crippen LogP contribution in [0.2, 0.25) is 0 Å². The predicted octanol–water partition coefficient (Wildman–Crippen LogP) is -2.81. The Hall–Kier alpha value is 0.140. The van der Waals surface area contributed by atoms with Gasteiger partial charge < -0.3 is 5.95 Å². The molecule has 0 radical (unpaired) electrons. The van der Waals surface area contributed by atoms with Gasteiger partial charge in [0, 0.05) is 5.27 Å². The van der Waals surface area contributed by atoms with Crippen LogP contribution in [0.5, 0.6) is 0 Å². The van der Waals surface area contributed by atoms with Crippen molar-refractivity contribution < 1.29 is 35.5 Å². The topological polar surface area (TPSA) is 38.9 Å². The molecule has 0 aliphatic rings. The number of hydrogen-bond acceptors (Lipinski definition) is 3. The monoisotopic (exact) mass is 94.0 g/mol. The molecule has 0 fully saturated rings. The maximum absolute atomic E-state index is 4.22. The molecule has 0 aromatic carbocycles. The van der Waals surface area contributed by atoms with Gasteiger partial charge in [0.2, 0.25) is 0 Å². The van der Waals surface area contributed by atoms with E-state index in [0.29, 0.717) is 0 Å². The molecular formula is C2H3N2NaO. The molecule has 0 saturated carbocycles. The zero-order chi connectivity index (χ0) is 3.54. The zero-order valence-electron chi connectivity index (χ0n) is 4.46. The van der Waals surface area contributed by atoms with Gasteiger partial charge in [-0.2, -0.15) is 0 Å². The first kappa shape index (κ1) is 6.14. The Morgan fingerprint density at radius 1 is 1.67 bits per heavy atom. The summed E-state index contributed by atoms with van der Waals surface area (Å²) in [7, 11) is 0. The van der Waals surface area contributed by atoms with E-state index in [-0.39, 0.29) is 31.0 Å². The summed E-state index contributed by atoms with van der Waals surface area (Å²) in [5.41, 5.74) is 0. The molecule has 1 heterocycles. The van der Waals surface area contributed by atoms with E-state index in [1.165, 1.54) is 12.5 Å². The van der Waals surface area contributed by atoms with E-state index in [4.69, 9.17) is 0 Å². The maximum Gasteiger partial charge on any atom is 1.00 e. The van der Waals surface area contributed by atoms with Crippen molar-refractivity contribution in [2.24, 2.45) is 0 Å². The first-order valence-electron chi connectivity index (χ1n) is 1.21. The van der Waals surface area contributed by atoms with E-state index in [1.807, 2.05) is 0 Å². The summed E-state index contributed by atoms with van der Waals surface area (Å²) in [5.74, 6) is 0. The van der Waals surface area contributed by atoms with Crippen LogP contribution in [0.3, 0.4) is 0 Å². The molecule has 4 heteroatoms. The SMILES string of the molecule is [H-].[Na+].c1conn1. The summed E-state index contributed by atoms with van der Waals surface area (Å²) in [6, 6.07) is 0. The average Bonchev–Trinajstić information content (AvgIpc) is 1.76. The van der Waals surface area contributed by atoms with E-state index >= 15 is 0 Å². The van der Waals surface area contributed by atoms with Crippen LogP contribution in [0.25, 0.3) is 0 Å². The first-order chi connectivity index (χ1) is 2.50. The van der Waals surface area contributed by atoms with Crippen LogP contribution >= 0.6 is 0 Å². The quantitative estimate of drug-likeness (QED) is 0.326. The standard InChI is InChI=1S/C2H2N2O.Na.H/c1-2-5-4-3-1;;/h1-2H;;/q;+1;-1. The Morgan fingerprint density at radius 3 is 2.67 bits per heavy atom. The number of hydrogen-bond donors (Lipinski definition) is 0. The molecule has 0 N–H and O–H groups in total. The third-order valence-corrected chi connectivity index (χ3v) is 0.283. The fourth-order valence-electron chi connectivity index (χ4n) is 0.136. The van der Waals surface area contributed by atoms with Crippen LogP contribution in [-0.4, -0.2) is 10.4 Å². The van der Waals surface area contributed by atoms with Crippen LogP contribution < -0.4 is 29.6 Å². The smallest absolute Gasteiger partial charge is 1.00 e. The first-order valence-corrected chi connectivity index (χ1v) is 1.21. The summed E-state index contributed by atoms with van der Waals surface area (Å²) in [5, 5.41) is 6.40. The van der Waals surface area contributed by atoms with Gasteiger partial charge >= 0.3 is 29.6 Å². The molecule has 1 rings (SSSR count). The Balaban J connectivity index is 0. The van der Waals surface area contributed by atoms with Crippen LogP contribution in [0.4, 0.5) is 0 Å². The van der Waals surface area contributed by atoms with Crippen LogP contribution in [0.1, 0.15) is 1.43 Å². The second-order valence-electron chi connectivity index (χ2n) is 0.588. The Morgan fingerprint density at radius 2 is 2.50 bits per heavy atom. The van der Waals surface area contributed by atoms with Gasteiger partial charge in [-0.1, -0.05) is 0 Å². The number of nitrogens with zero attached hydrogens (tertiary/aromatic N) is 2. The zero-order valence-corrected chi connectivity index (χ0v) is 5.46. The van der Waals surface area contributed by atoms with Crippen molar-refractivity contribution >= 4 is 0 Å². The van der Waals surface area contributed by atoms with Crippen LogP contribution in [0.15, 0.2) is 17.0 Å². The molecule has 0 amide bonds. The Kier molecular flexibility index (Phi) is 3.41. The van der Waals surface area contributed by atoms with Gasteiger partial charge in [-0.3, -0.25) is 0 Å². The molecular weight excluding hydrogens is 91.0 g/mol. The minimum absolute atomic E-state index is 0. The van der Waals surface area contributed by atoms with Gasteiger partial charge in [0.05, 0.1) is 6.20 Å². The van der Waals surface area contributed by atoms with Crippen LogP contribution in [0, 0.1) is 0 Å². The fraction of sp³-hybridized carbons (Fsp3) is 0. The molecule has 0 bridgehead atoms. The Bertz CT molecular complexity index is 72.2. The van der Waals surface area contributed by atoms with Crippen molar-refractivity contribution in [3.8, 4) is 0 Å². The molecule has 0 saturated heterocycles. The van der Waals surface area contributed by atoms with Gasteiger partial charge in [-0.15, -0.1) is 5.10 Å². The van der Waals surface area contributed by atoms with E-state index in [0.717, 1.165) is 0 Å². The van der Waals surface area contributed by atoms with Crippen molar-refractivity contribution in [1.82, 2.24) is 10.4 Å². The van der Waals surface area contributed by atoms with Crippen molar-refractivity contribution in [2.45, 2.75) is 0 Å².